The van der Waals surface area contributed by atoms with E-state index in [-0.39, 0.29) is 23.9 Å². The lowest BCUT2D eigenvalue weighted by Gasteiger charge is -2.11. The maximum Gasteiger partial charge on any atom is 0.258 e. The molecule has 5 heteroatoms. The van der Waals surface area contributed by atoms with Gasteiger partial charge in [0.05, 0.1) is 17.4 Å². The second-order valence-electron chi connectivity index (χ2n) is 5.29. The lowest BCUT2D eigenvalue weighted by Crippen LogP contribution is -2.30. The van der Waals surface area contributed by atoms with E-state index in [2.05, 4.69) is 22.2 Å². The third-order valence-electron chi connectivity index (χ3n) is 3.53. The van der Waals surface area contributed by atoms with Crippen molar-refractivity contribution in [3.63, 3.8) is 0 Å². The van der Waals surface area contributed by atoms with E-state index < -0.39 is 0 Å². The molecule has 21 heavy (non-hydrogen) atoms. The number of benzene rings is 1. The van der Waals surface area contributed by atoms with Crippen molar-refractivity contribution in [3.8, 4) is 0 Å². The molecule has 1 amide bonds. The molecule has 2 N–H and O–H groups in total. The van der Waals surface area contributed by atoms with Crippen LogP contribution in [0.15, 0.2) is 29.1 Å². The van der Waals surface area contributed by atoms with Crippen molar-refractivity contribution in [1.29, 1.82) is 0 Å². The first-order chi connectivity index (χ1) is 10.1. The number of amides is 1. The molecule has 1 aromatic heterocycles. The predicted molar refractivity (Wildman–Crippen MR) is 82.9 cm³/mol. The van der Waals surface area contributed by atoms with Crippen molar-refractivity contribution < 1.29 is 4.79 Å². The molecule has 0 saturated carbocycles. The highest BCUT2D eigenvalue weighted by atomic mass is 16.2. The number of hydrogen-bond donors (Lipinski definition) is 2. The summed E-state index contributed by atoms with van der Waals surface area (Å²) in [6, 6.07) is 7.16. The van der Waals surface area contributed by atoms with Crippen LogP contribution in [0.1, 0.15) is 38.9 Å². The lowest BCUT2D eigenvalue weighted by molar-refractivity contribution is -0.124. The first-order valence-electron chi connectivity index (χ1n) is 7.37. The van der Waals surface area contributed by atoms with Gasteiger partial charge in [-0.1, -0.05) is 38.8 Å². The Morgan fingerprint density at radius 1 is 1.38 bits per heavy atom. The van der Waals surface area contributed by atoms with Crippen LogP contribution in [0, 0.1) is 5.92 Å². The number of unbranched alkanes of at least 4 members (excludes halogenated alkanes) is 1. The van der Waals surface area contributed by atoms with Crippen LogP contribution in [0.4, 0.5) is 0 Å². The van der Waals surface area contributed by atoms with Gasteiger partial charge in [0.2, 0.25) is 5.91 Å². The molecule has 2 aromatic rings. The molecule has 2 rings (SSSR count). The van der Waals surface area contributed by atoms with Gasteiger partial charge in [-0.05, 0) is 18.6 Å². The molecular formula is C16H21N3O2. The van der Waals surface area contributed by atoms with Crippen molar-refractivity contribution in [2.75, 3.05) is 0 Å². The fourth-order valence-electron chi connectivity index (χ4n) is 2.21. The van der Waals surface area contributed by atoms with E-state index in [1.54, 1.807) is 18.2 Å². The molecule has 112 valence electrons. The first-order valence-corrected chi connectivity index (χ1v) is 7.37. The average Bonchev–Trinajstić information content (AvgIpc) is 2.50. The zero-order valence-corrected chi connectivity index (χ0v) is 12.5. The summed E-state index contributed by atoms with van der Waals surface area (Å²) in [4.78, 5) is 30.9. The zero-order valence-electron chi connectivity index (χ0n) is 12.5. The van der Waals surface area contributed by atoms with Crippen molar-refractivity contribution >= 4 is 16.8 Å². The molecule has 1 aromatic carbocycles. The van der Waals surface area contributed by atoms with Crippen LogP contribution < -0.4 is 10.9 Å². The van der Waals surface area contributed by atoms with E-state index in [1.807, 2.05) is 13.0 Å². The van der Waals surface area contributed by atoms with Gasteiger partial charge in [0.25, 0.3) is 5.56 Å². The summed E-state index contributed by atoms with van der Waals surface area (Å²) in [7, 11) is 0. The molecule has 0 spiro atoms. The SMILES string of the molecule is CCCC[C@@H](C)C(=O)NCc1nc2ccccc2c(=O)[nH]1. The van der Waals surface area contributed by atoms with Gasteiger partial charge in [-0.2, -0.15) is 0 Å². The normalized spacial score (nSPS) is 12.3. The molecule has 0 fully saturated rings. The van der Waals surface area contributed by atoms with Gasteiger partial charge in [0.1, 0.15) is 5.82 Å². The number of H-pyrrole nitrogens is 1. The quantitative estimate of drug-likeness (QED) is 0.856. The van der Waals surface area contributed by atoms with E-state index in [1.165, 1.54) is 0 Å². The van der Waals surface area contributed by atoms with Gasteiger partial charge in [-0.3, -0.25) is 9.59 Å². The minimum absolute atomic E-state index is 0.000687. The topological polar surface area (TPSA) is 74.8 Å². The Morgan fingerprint density at radius 2 is 2.14 bits per heavy atom. The third-order valence-corrected chi connectivity index (χ3v) is 3.53. The molecule has 0 radical (unpaired) electrons. The monoisotopic (exact) mass is 287 g/mol. The predicted octanol–water partition coefficient (Wildman–Crippen LogP) is 2.37. The molecular weight excluding hydrogens is 266 g/mol. The number of nitrogens with one attached hydrogen (secondary N) is 2. The fraction of sp³-hybridized carbons (Fsp3) is 0.438. The van der Waals surface area contributed by atoms with Crippen LogP contribution in [0.5, 0.6) is 0 Å². The average molecular weight is 287 g/mol. The van der Waals surface area contributed by atoms with E-state index in [9.17, 15) is 9.59 Å². The molecule has 0 bridgehead atoms. The highest BCUT2D eigenvalue weighted by Crippen LogP contribution is 2.08. The van der Waals surface area contributed by atoms with Crippen molar-refractivity contribution in [2.45, 2.75) is 39.7 Å². The molecule has 1 atom stereocenters. The van der Waals surface area contributed by atoms with Gasteiger partial charge in [-0.25, -0.2) is 4.98 Å². The van der Waals surface area contributed by atoms with Crippen LogP contribution in [0.3, 0.4) is 0 Å². The van der Waals surface area contributed by atoms with Gasteiger partial charge in [0, 0.05) is 5.92 Å². The zero-order chi connectivity index (χ0) is 15.2. The Balaban J connectivity index is 2.04. The number of carbonyl (C=O) groups excluding carboxylic acids is 1. The Morgan fingerprint density at radius 3 is 2.90 bits per heavy atom. The van der Waals surface area contributed by atoms with Crippen LogP contribution in [0.2, 0.25) is 0 Å². The summed E-state index contributed by atoms with van der Waals surface area (Å²) in [6.07, 6.45) is 3.00. The number of para-hydroxylation sites is 1. The fourth-order valence-corrected chi connectivity index (χ4v) is 2.21. The smallest absolute Gasteiger partial charge is 0.258 e. The standard InChI is InChI=1S/C16H21N3O2/c1-3-4-7-11(2)15(20)17-10-14-18-13-9-6-5-8-12(13)16(21)19-14/h5-6,8-9,11H,3-4,7,10H2,1-2H3,(H,17,20)(H,18,19,21)/t11-/m1/s1. The van der Waals surface area contributed by atoms with Gasteiger partial charge in [0.15, 0.2) is 0 Å². The highest BCUT2D eigenvalue weighted by Gasteiger charge is 2.12. The number of carbonyl (C=O) groups is 1. The van der Waals surface area contributed by atoms with Gasteiger partial charge in [-0.15, -0.1) is 0 Å². The van der Waals surface area contributed by atoms with Crippen molar-refractivity contribution in [3.05, 3.63) is 40.4 Å². The summed E-state index contributed by atoms with van der Waals surface area (Å²) >= 11 is 0. The number of fused-ring (bicyclic) bond motifs is 1. The maximum absolute atomic E-state index is 11.9. The molecule has 1 heterocycles. The highest BCUT2D eigenvalue weighted by molar-refractivity contribution is 5.78. The van der Waals surface area contributed by atoms with E-state index >= 15 is 0 Å². The van der Waals surface area contributed by atoms with Gasteiger partial charge < -0.3 is 10.3 Å². The molecule has 0 aliphatic carbocycles. The Bertz CT molecular complexity index is 679. The maximum atomic E-state index is 11.9. The molecule has 5 nitrogen and oxygen atoms in total. The van der Waals surface area contributed by atoms with Crippen LogP contribution >= 0.6 is 0 Å². The molecule has 0 unspecified atom stereocenters. The second-order valence-corrected chi connectivity index (χ2v) is 5.29. The van der Waals surface area contributed by atoms with Crippen LogP contribution in [-0.2, 0) is 11.3 Å². The minimum atomic E-state index is -0.177. The summed E-state index contributed by atoms with van der Waals surface area (Å²) in [5.41, 5.74) is 0.466. The third kappa shape index (κ3) is 3.90. The number of aromatic nitrogens is 2. The molecule has 0 aliphatic heterocycles. The van der Waals surface area contributed by atoms with Crippen molar-refractivity contribution in [1.82, 2.24) is 15.3 Å². The first kappa shape index (κ1) is 15.2. The largest absolute Gasteiger partial charge is 0.349 e. The van der Waals surface area contributed by atoms with Crippen LogP contribution in [-0.4, -0.2) is 15.9 Å². The Labute approximate surface area is 123 Å². The Hall–Kier alpha value is -2.17. The Kier molecular flexibility index (Phi) is 5.09. The summed E-state index contributed by atoms with van der Waals surface area (Å²) < 4.78 is 0. The number of hydrogen-bond acceptors (Lipinski definition) is 3. The minimum Gasteiger partial charge on any atom is -0.349 e. The van der Waals surface area contributed by atoms with E-state index in [0.29, 0.717) is 16.7 Å². The van der Waals surface area contributed by atoms with Gasteiger partial charge >= 0.3 is 0 Å². The van der Waals surface area contributed by atoms with E-state index in [0.717, 1.165) is 19.3 Å². The lowest BCUT2D eigenvalue weighted by atomic mass is 10.0. The summed E-state index contributed by atoms with van der Waals surface area (Å²) in [5.74, 6) is 0.464. The van der Waals surface area contributed by atoms with Crippen molar-refractivity contribution in [2.24, 2.45) is 5.92 Å². The number of nitrogens with zero attached hydrogens (tertiary/aromatic N) is 1. The molecule has 0 saturated heterocycles. The summed E-state index contributed by atoms with van der Waals surface area (Å²) in [5, 5.41) is 3.39. The molecule has 0 aliphatic rings. The van der Waals surface area contributed by atoms with Crippen LogP contribution in [0.25, 0.3) is 10.9 Å². The van der Waals surface area contributed by atoms with E-state index in [4.69, 9.17) is 0 Å². The second kappa shape index (κ2) is 7.02. The number of aromatic amines is 1. The number of rotatable bonds is 6. The summed E-state index contributed by atoms with van der Waals surface area (Å²) in [6.45, 7) is 4.27.